The fourth-order valence-corrected chi connectivity index (χ4v) is 2.55. The molecule has 1 aliphatic heterocycles. The van der Waals surface area contributed by atoms with Crippen LogP contribution in [-0.4, -0.2) is 50.3 Å². The van der Waals surface area contributed by atoms with E-state index in [9.17, 15) is 0 Å². The smallest absolute Gasteiger partial charge is 0.0594 e. The summed E-state index contributed by atoms with van der Waals surface area (Å²) in [5.74, 6) is 1.03. The number of ether oxygens (including phenoxy) is 1. The Morgan fingerprint density at radius 2 is 2.06 bits per heavy atom. The van der Waals surface area contributed by atoms with Crippen LogP contribution in [0.5, 0.6) is 0 Å². The fraction of sp³-hybridized carbons (Fsp3) is 1.00. The van der Waals surface area contributed by atoms with E-state index in [4.69, 9.17) is 4.74 Å². The van der Waals surface area contributed by atoms with Crippen molar-refractivity contribution in [2.75, 3.05) is 39.4 Å². The zero-order chi connectivity index (χ0) is 11.2. The maximum Gasteiger partial charge on any atom is 0.0594 e. The molecule has 1 N–H and O–H groups in total. The van der Waals surface area contributed by atoms with Gasteiger partial charge < -0.3 is 10.1 Å². The van der Waals surface area contributed by atoms with Gasteiger partial charge in [0.25, 0.3) is 0 Å². The summed E-state index contributed by atoms with van der Waals surface area (Å²) in [6, 6.07) is 0.623. The van der Waals surface area contributed by atoms with Crippen LogP contribution in [0, 0.1) is 5.92 Å². The van der Waals surface area contributed by atoms with Gasteiger partial charge in [-0.2, -0.15) is 0 Å². The molecule has 0 amide bonds. The SMILES string of the molecule is CC(CN1CCOCC1)NCCC1CCC1. The van der Waals surface area contributed by atoms with Crippen LogP contribution in [0.1, 0.15) is 32.6 Å². The third kappa shape index (κ3) is 4.04. The summed E-state index contributed by atoms with van der Waals surface area (Å²) in [5.41, 5.74) is 0. The molecule has 3 nitrogen and oxygen atoms in total. The first-order valence-electron chi connectivity index (χ1n) is 6.88. The number of hydrogen-bond donors (Lipinski definition) is 1. The van der Waals surface area contributed by atoms with Crippen LogP contribution in [0.4, 0.5) is 0 Å². The summed E-state index contributed by atoms with van der Waals surface area (Å²) >= 11 is 0. The average Bonchev–Trinajstić information content (AvgIpc) is 2.23. The van der Waals surface area contributed by atoms with Gasteiger partial charge in [-0.3, -0.25) is 4.90 Å². The van der Waals surface area contributed by atoms with Gasteiger partial charge in [0.1, 0.15) is 0 Å². The second-order valence-electron chi connectivity index (χ2n) is 5.35. The van der Waals surface area contributed by atoms with Gasteiger partial charge in [0, 0.05) is 25.7 Å². The summed E-state index contributed by atoms with van der Waals surface area (Å²) in [6.07, 6.45) is 5.79. The lowest BCUT2D eigenvalue weighted by molar-refractivity contribution is 0.0343. The highest BCUT2D eigenvalue weighted by molar-refractivity contribution is 4.73. The van der Waals surface area contributed by atoms with Crippen LogP contribution in [0.15, 0.2) is 0 Å². The minimum Gasteiger partial charge on any atom is -0.379 e. The van der Waals surface area contributed by atoms with Crippen molar-refractivity contribution in [1.29, 1.82) is 0 Å². The van der Waals surface area contributed by atoms with Crippen LogP contribution < -0.4 is 5.32 Å². The Bertz CT molecular complexity index is 188. The van der Waals surface area contributed by atoms with Gasteiger partial charge in [0.15, 0.2) is 0 Å². The van der Waals surface area contributed by atoms with E-state index in [1.165, 1.54) is 38.8 Å². The molecule has 1 atom stereocenters. The molecule has 16 heavy (non-hydrogen) atoms. The van der Waals surface area contributed by atoms with E-state index in [2.05, 4.69) is 17.1 Å². The topological polar surface area (TPSA) is 24.5 Å². The molecule has 1 unspecified atom stereocenters. The van der Waals surface area contributed by atoms with Crippen LogP contribution >= 0.6 is 0 Å². The largest absolute Gasteiger partial charge is 0.379 e. The second-order valence-corrected chi connectivity index (χ2v) is 5.35. The summed E-state index contributed by atoms with van der Waals surface area (Å²) in [5, 5.41) is 3.65. The zero-order valence-corrected chi connectivity index (χ0v) is 10.6. The summed E-state index contributed by atoms with van der Waals surface area (Å²) in [7, 11) is 0. The first kappa shape index (κ1) is 12.3. The summed E-state index contributed by atoms with van der Waals surface area (Å²) in [6.45, 7) is 8.72. The molecule has 1 heterocycles. The third-order valence-electron chi connectivity index (χ3n) is 3.91. The molecule has 94 valence electrons. The van der Waals surface area contributed by atoms with E-state index < -0.39 is 0 Å². The Morgan fingerprint density at radius 3 is 2.69 bits per heavy atom. The molecule has 1 saturated heterocycles. The highest BCUT2D eigenvalue weighted by Crippen LogP contribution is 2.28. The van der Waals surface area contributed by atoms with Crippen LogP contribution in [-0.2, 0) is 4.74 Å². The first-order chi connectivity index (χ1) is 7.84. The van der Waals surface area contributed by atoms with Gasteiger partial charge in [-0.05, 0) is 25.8 Å². The van der Waals surface area contributed by atoms with Crippen molar-refractivity contribution in [2.45, 2.75) is 38.6 Å². The van der Waals surface area contributed by atoms with Crippen LogP contribution in [0.2, 0.25) is 0 Å². The summed E-state index contributed by atoms with van der Waals surface area (Å²) in [4.78, 5) is 2.50. The minimum atomic E-state index is 0.623. The van der Waals surface area contributed by atoms with E-state index in [1.54, 1.807) is 0 Å². The molecule has 3 heteroatoms. The van der Waals surface area contributed by atoms with Crippen LogP contribution in [0.3, 0.4) is 0 Å². The van der Waals surface area contributed by atoms with Gasteiger partial charge in [-0.25, -0.2) is 0 Å². The Hall–Kier alpha value is -0.120. The van der Waals surface area contributed by atoms with Crippen molar-refractivity contribution < 1.29 is 4.74 Å². The van der Waals surface area contributed by atoms with Gasteiger partial charge in [-0.15, -0.1) is 0 Å². The molecule has 1 aliphatic carbocycles. The lowest BCUT2D eigenvalue weighted by atomic mass is 9.83. The first-order valence-corrected chi connectivity index (χ1v) is 6.88. The molecule has 2 aliphatic rings. The highest BCUT2D eigenvalue weighted by atomic mass is 16.5. The van der Waals surface area contributed by atoms with Crippen molar-refractivity contribution in [2.24, 2.45) is 5.92 Å². The third-order valence-corrected chi connectivity index (χ3v) is 3.91. The van der Waals surface area contributed by atoms with E-state index >= 15 is 0 Å². The van der Waals surface area contributed by atoms with Crippen molar-refractivity contribution in [1.82, 2.24) is 10.2 Å². The molecule has 2 rings (SSSR count). The Kier molecular flexibility index (Phi) is 5.07. The quantitative estimate of drug-likeness (QED) is 0.742. The predicted molar refractivity (Wildman–Crippen MR) is 66.7 cm³/mol. The molecule has 0 aromatic rings. The molecule has 0 spiro atoms. The average molecular weight is 226 g/mol. The molecule has 1 saturated carbocycles. The molecular weight excluding hydrogens is 200 g/mol. The maximum absolute atomic E-state index is 5.35. The maximum atomic E-state index is 5.35. The molecule has 0 aromatic carbocycles. The second kappa shape index (κ2) is 6.58. The predicted octanol–water partition coefficient (Wildman–Crippen LogP) is 1.49. The number of morpholine rings is 1. The van der Waals surface area contributed by atoms with Crippen molar-refractivity contribution in [3.8, 4) is 0 Å². The van der Waals surface area contributed by atoms with Gasteiger partial charge in [0.2, 0.25) is 0 Å². The number of nitrogens with one attached hydrogen (secondary N) is 1. The van der Waals surface area contributed by atoms with Crippen molar-refractivity contribution in [3.63, 3.8) is 0 Å². The van der Waals surface area contributed by atoms with Crippen LogP contribution in [0.25, 0.3) is 0 Å². The molecule has 0 aromatic heterocycles. The highest BCUT2D eigenvalue weighted by Gasteiger charge is 2.17. The van der Waals surface area contributed by atoms with E-state index in [0.29, 0.717) is 6.04 Å². The Morgan fingerprint density at radius 1 is 1.31 bits per heavy atom. The van der Waals surface area contributed by atoms with Crippen molar-refractivity contribution in [3.05, 3.63) is 0 Å². The van der Waals surface area contributed by atoms with Gasteiger partial charge in [0.05, 0.1) is 13.2 Å². The number of rotatable bonds is 6. The standard InChI is InChI=1S/C13H26N2O/c1-12(11-15-7-9-16-10-8-15)14-6-5-13-3-2-4-13/h12-14H,2-11H2,1H3. The Balaban J connectivity index is 1.50. The zero-order valence-electron chi connectivity index (χ0n) is 10.6. The summed E-state index contributed by atoms with van der Waals surface area (Å²) < 4.78 is 5.35. The molecular formula is C13H26N2O. The van der Waals surface area contributed by atoms with E-state index in [1.807, 2.05) is 0 Å². The molecule has 0 bridgehead atoms. The van der Waals surface area contributed by atoms with Gasteiger partial charge in [-0.1, -0.05) is 19.3 Å². The monoisotopic (exact) mass is 226 g/mol. The lowest BCUT2D eigenvalue weighted by Crippen LogP contribution is -2.44. The number of nitrogens with zero attached hydrogens (tertiary/aromatic N) is 1. The van der Waals surface area contributed by atoms with E-state index in [-0.39, 0.29) is 0 Å². The fourth-order valence-electron chi connectivity index (χ4n) is 2.55. The molecule has 2 fully saturated rings. The normalized spacial score (nSPS) is 25.3. The minimum absolute atomic E-state index is 0.623. The molecule has 0 radical (unpaired) electrons. The van der Waals surface area contributed by atoms with Crippen molar-refractivity contribution >= 4 is 0 Å². The number of hydrogen-bond acceptors (Lipinski definition) is 3. The van der Waals surface area contributed by atoms with Gasteiger partial charge >= 0.3 is 0 Å². The lowest BCUT2D eigenvalue weighted by Gasteiger charge is -2.30. The Labute approximate surface area is 99.5 Å². The van der Waals surface area contributed by atoms with E-state index in [0.717, 1.165) is 32.2 Å².